The summed E-state index contributed by atoms with van der Waals surface area (Å²) in [7, 11) is -3.38. The van der Waals surface area contributed by atoms with Gasteiger partial charge in [-0.05, 0) is 12.1 Å². The third kappa shape index (κ3) is 3.48. The van der Waals surface area contributed by atoms with E-state index in [2.05, 4.69) is 4.98 Å². The number of carboxylic acid groups (broad SMARTS) is 1. The van der Waals surface area contributed by atoms with Crippen LogP contribution >= 0.6 is 0 Å². The summed E-state index contributed by atoms with van der Waals surface area (Å²) in [6, 6.07) is 1.77. The van der Waals surface area contributed by atoms with Gasteiger partial charge in [-0.1, -0.05) is 0 Å². The smallest absolute Gasteiger partial charge is 0.305 e. The lowest BCUT2D eigenvalue weighted by molar-refractivity contribution is -0.138. The molecule has 2 rings (SSSR count). The molecule has 1 aliphatic rings. The first-order valence-corrected chi connectivity index (χ1v) is 7.99. The average molecular weight is 314 g/mol. The lowest BCUT2D eigenvalue weighted by Gasteiger charge is -2.34. The third-order valence-electron chi connectivity index (χ3n) is 3.19. The van der Waals surface area contributed by atoms with Crippen LogP contribution in [0.2, 0.25) is 0 Å². The van der Waals surface area contributed by atoms with E-state index in [9.17, 15) is 23.1 Å². The van der Waals surface area contributed by atoms with E-state index in [4.69, 9.17) is 5.11 Å². The molecule has 0 aliphatic carbocycles. The molecule has 1 aromatic heterocycles. The predicted octanol–water partition coefficient (Wildman–Crippen LogP) is -0.499. The van der Waals surface area contributed by atoms with E-state index in [0.717, 1.165) is 4.90 Å². The van der Waals surface area contributed by atoms with Crippen molar-refractivity contribution < 1.29 is 28.2 Å². The van der Waals surface area contributed by atoms with Gasteiger partial charge in [0.15, 0.2) is 15.5 Å². The summed E-state index contributed by atoms with van der Waals surface area (Å²) in [5.74, 6) is -2.83. The number of hydrogen-bond donors (Lipinski definition) is 2. The Hall–Kier alpha value is -2.16. The van der Waals surface area contributed by atoms with E-state index < -0.39 is 39.9 Å². The van der Waals surface area contributed by atoms with Crippen LogP contribution in [0.1, 0.15) is 16.9 Å². The van der Waals surface area contributed by atoms with Gasteiger partial charge in [0.1, 0.15) is 5.75 Å². The molecular weight excluding hydrogens is 300 g/mol. The highest BCUT2D eigenvalue weighted by Gasteiger charge is 2.36. The molecule has 0 radical (unpaired) electrons. The molecule has 2 N–H and O–H groups in total. The molecule has 1 aromatic rings. The topological polar surface area (TPSA) is 125 Å². The molecule has 1 saturated heterocycles. The number of carbonyl (C=O) groups is 2. The summed E-state index contributed by atoms with van der Waals surface area (Å²) in [6.45, 7) is -0.116. The van der Waals surface area contributed by atoms with Crippen LogP contribution in [0.3, 0.4) is 0 Å². The van der Waals surface area contributed by atoms with Gasteiger partial charge < -0.3 is 15.1 Å². The minimum Gasteiger partial charge on any atom is -0.505 e. The zero-order valence-corrected chi connectivity index (χ0v) is 11.8. The van der Waals surface area contributed by atoms with Crippen molar-refractivity contribution in [2.75, 3.05) is 18.1 Å². The van der Waals surface area contributed by atoms with E-state index in [1.54, 1.807) is 0 Å². The number of pyridine rings is 1. The summed E-state index contributed by atoms with van der Waals surface area (Å²) in [4.78, 5) is 28.1. The van der Waals surface area contributed by atoms with Gasteiger partial charge in [-0.15, -0.1) is 0 Å². The Bertz CT molecular complexity index is 672. The fraction of sp³-hybridized carbons (Fsp3) is 0.417. The highest BCUT2D eigenvalue weighted by Crippen LogP contribution is 2.21. The molecule has 0 bridgehead atoms. The van der Waals surface area contributed by atoms with Gasteiger partial charge >= 0.3 is 5.97 Å². The fourth-order valence-corrected chi connectivity index (χ4v) is 3.75. The summed E-state index contributed by atoms with van der Waals surface area (Å²) in [6.07, 6.45) is 0.846. The maximum atomic E-state index is 12.3. The van der Waals surface area contributed by atoms with E-state index in [-0.39, 0.29) is 23.7 Å². The minimum atomic E-state index is -3.38. The van der Waals surface area contributed by atoms with Gasteiger partial charge in [0.05, 0.1) is 24.0 Å². The van der Waals surface area contributed by atoms with E-state index in [1.165, 1.54) is 18.3 Å². The molecular formula is C12H14N2O6S. The first kappa shape index (κ1) is 15.2. The largest absolute Gasteiger partial charge is 0.505 e. The van der Waals surface area contributed by atoms with Crippen molar-refractivity contribution >= 4 is 21.7 Å². The number of carboxylic acids is 1. The second-order valence-electron chi connectivity index (χ2n) is 4.74. The predicted molar refractivity (Wildman–Crippen MR) is 71.6 cm³/mol. The van der Waals surface area contributed by atoms with Crippen molar-refractivity contribution in [1.29, 1.82) is 0 Å². The Morgan fingerprint density at radius 2 is 2.14 bits per heavy atom. The molecule has 114 valence electrons. The summed E-state index contributed by atoms with van der Waals surface area (Å²) < 4.78 is 23.2. The Kier molecular flexibility index (Phi) is 4.12. The van der Waals surface area contributed by atoms with Gasteiger partial charge in [0, 0.05) is 12.7 Å². The number of aliphatic carboxylic acids is 1. The number of nitrogens with zero attached hydrogens (tertiary/aromatic N) is 2. The van der Waals surface area contributed by atoms with E-state index in [1.807, 2.05) is 0 Å². The molecule has 2 heterocycles. The van der Waals surface area contributed by atoms with Crippen molar-refractivity contribution in [3.8, 4) is 5.75 Å². The fourth-order valence-electron chi connectivity index (χ4n) is 2.22. The number of carbonyl (C=O) groups excluding carboxylic acids is 1. The molecule has 21 heavy (non-hydrogen) atoms. The number of aromatic nitrogens is 1. The van der Waals surface area contributed by atoms with Crippen LogP contribution < -0.4 is 0 Å². The van der Waals surface area contributed by atoms with E-state index >= 15 is 0 Å². The minimum absolute atomic E-state index is 0.116. The lowest BCUT2D eigenvalue weighted by Crippen LogP contribution is -2.52. The van der Waals surface area contributed by atoms with Gasteiger partial charge in [0.25, 0.3) is 5.91 Å². The first-order valence-electron chi connectivity index (χ1n) is 6.17. The standard InChI is InChI=1S/C12H14N2O6S/c15-9-2-1-3-13-11(9)12(18)14-4-5-21(19,20)7-8(14)6-10(16)17/h1-3,8,15H,4-7H2,(H,16,17). The number of amides is 1. The summed E-state index contributed by atoms with van der Waals surface area (Å²) in [5.41, 5.74) is -0.216. The van der Waals surface area contributed by atoms with Gasteiger partial charge in [0.2, 0.25) is 0 Å². The molecule has 0 spiro atoms. The Morgan fingerprint density at radius 3 is 2.76 bits per heavy atom. The molecule has 9 heteroatoms. The third-order valence-corrected chi connectivity index (χ3v) is 4.89. The van der Waals surface area contributed by atoms with Crippen molar-refractivity contribution in [2.45, 2.75) is 12.5 Å². The van der Waals surface area contributed by atoms with Crippen LogP contribution in [0.5, 0.6) is 5.75 Å². The second-order valence-corrected chi connectivity index (χ2v) is 6.96. The van der Waals surface area contributed by atoms with Crippen LogP contribution in [0.25, 0.3) is 0 Å². The SMILES string of the molecule is O=C(O)CC1CS(=O)(=O)CCN1C(=O)c1ncccc1O. The monoisotopic (exact) mass is 314 g/mol. The summed E-state index contributed by atoms with van der Waals surface area (Å²) >= 11 is 0. The maximum Gasteiger partial charge on any atom is 0.305 e. The molecule has 1 unspecified atom stereocenters. The van der Waals surface area contributed by atoms with E-state index in [0.29, 0.717) is 0 Å². The normalized spacial score (nSPS) is 21.0. The number of sulfone groups is 1. The number of aromatic hydroxyl groups is 1. The summed E-state index contributed by atoms with van der Waals surface area (Å²) in [5, 5.41) is 18.5. The molecule has 1 aliphatic heterocycles. The zero-order chi connectivity index (χ0) is 15.6. The van der Waals surface area contributed by atoms with Crippen LogP contribution in [-0.4, -0.2) is 64.5 Å². The van der Waals surface area contributed by atoms with Gasteiger partial charge in [-0.2, -0.15) is 0 Å². The molecule has 8 nitrogen and oxygen atoms in total. The molecule has 1 atom stereocenters. The van der Waals surface area contributed by atoms with Crippen molar-refractivity contribution in [3.05, 3.63) is 24.0 Å². The van der Waals surface area contributed by atoms with Crippen LogP contribution in [0.4, 0.5) is 0 Å². The maximum absolute atomic E-state index is 12.3. The molecule has 1 amide bonds. The number of hydrogen-bond acceptors (Lipinski definition) is 6. The highest BCUT2D eigenvalue weighted by molar-refractivity contribution is 7.91. The Morgan fingerprint density at radius 1 is 1.43 bits per heavy atom. The van der Waals surface area contributed by atoms with Crippen LogP contribution in [-0.2, 0) is 14.6 Å². The molecule has 1 fully saturated rings. The molecule has 0 aromatic carbocycles. The van der Waals surface area contributed by atoms with Crippen molar-refractivity contribution in [1.82, 2.24) is 9.88 Å². The Balaban J connectivity index is 2.29. The van der Waals surface area contributed by atoms with Crippen molar-refractivity contribution in [2.24, 2.45) is 0 Å². The Labute approximate surface area is 120 Å². The average Bonchev–Trinajstić information content (AvgIpc) is 2.37. The number of rotatable bonds is 3. The van der Waals surface area contributed by atoms with Crippen molar-refractivity contribution in [3.63, 3.8) is 0 Å². The van der Waals surface area contributed by atoms with Gasteiger partial charge in [-0.25, -0.2) is 13.4 Å². The highest BCUT2D eigenvalue weighted by atomic mass is 32.2. The van der Waals surface area contributed by atoms with Crippen LogP contribution in [0, 0.1) is 0 Å². The van der Waals surface area contributed by atoms with Gasteiger partial charge in [-0.3, -0.25) is 9.59 Å². The zero-order valence-electron chi connectivity index (χ0n) is 11.0. The second kappa shape index (κ2) is 5.68. The lowest BCUT2D eigenvalue weighted by atomic mass is 10.1. The van der Waals surface area contributed by atoms with Crippen LogP contribution in [0.15, 0.2) is 18.3 Å². The first-order chi connectivity index (χ1) is 9.80. The quantitative estimate of drug-likeness (QED) is 0.770. The molecule has 0 saturated carbocycles.